The molecule has 0 aliphatic carbocycles. The van der Waals surface area contributed by atoms with E-state index < -0.39 is 43.0 Å². The Bertz CT molecular complexity index is 452. The van der Waals surface area contributed by atoms with E-state index in [0.29, 0.717) is 6.42 Å². The first-order chi connectivity index (χ1) is 9.14. The maximum atomic E-state index is 12.1. The first kappa shape index (κ1) is 23.4. The molecule has 2 atom stereocenters. The first-order valence-corrected chi connectivity index (χ1v) is 8.72. The van der Waals surface area contributed by atoms with E-state index in [1.54, 1.807) is 13.8 Å². The summed E-state index contributed by atoms with van der Waals surface area (Å²) in [5.41, 5.74) is -1.17. The van der Waals surface area contributed by atoms with Crippen molar-refractivity contribution in [3.8, 4) is 0 Å². The van der Waals surface area contributed by atoms with Crippen LogP contribution in [0.5, 0.6) is 0 Å². The third-order valence-electron chi connectivity index (χ3n) is 1.97. The van der Waals surface area contributed by atoms with Crippen molar-refractivity contribution in [2.75, 3.05) is 19.8 Å². The zero-order valence-corrected chi connectivity index (χ0v) is 14.1. The van der Waals surface area contributed by atoms with Gasteiger partial charge in [-0.1, -0.05) is 6.92 Å². The largest absolute Gasteiger partial charge is 1.00 e. The molecule has 120 valence electrons. The van der Waals surface area contributed by atoms with Crippen LogP contribution in [-0.4, -0.2) is 44.6 Å². The third kappa shape index (κ3) is 10.4. The molecule has 0 bridgehead atoms. The molecule has 12 heteroatoms. The zero-order chi connectivity index (χ0) is 15.8. The SMILES string of the molecule is CCOP(=O)(OCCOS(=O)(=O)[O-])C(=O)OC(C)CC.[Li+]. The van der Waals surface area contributed by atoms with Gasteiger partial charge in [-0.3, -0.25) is 8.71 Å². The summed E-state index contributed by atoms with van der Waals surface area (Å²) in [6.07, 6.45) is 0.0354. The molecule has 0 N–H and O–H groups in total. The third-order valence-corrected chi connectivity index (χ3v) is 4.10. The minimum atomic E-state index is -4.87. The van der Waals surface area contributed by atoms with E-state index >= 15 is 0 Å². The summed E-state index contributed by atoms with van der Waals surface area (Å²) in [6, 6.07) is 0. The standard InChI is InChI=1S/C9H19O9PS.Li/c1-4-8(3)18-9(10)19(11,15-5-2)16-6-7-17-20(12,13)14;/h8H,4-7H2,1-3H3,(H,12,13,14);/q;+1/p-1. The summed E-state index contributed by atoms with van der Waals surface area (Å²) in [6.45, 7) is 3.52. The molecule has 0 radical (unpaired) electrons. The van der Waals surface area contributed by atoms with E-state index in [1.807, 2.05) is 0 Å². The molecule has 0 saturated heterocycles. The van der Waals surface area contributed by atoms with Gasteiger partial charge in [0.05, 0.1) is 25.9 Å². The summed E-state index contributed by atoms with van der Waals surface area (Å²) in [5, 5.41) is 0. The van der Waals surface area contributed by atoms with Crippen LogP contribution >= 0.6 is 7.60 Å². The minimum absolute atomic E-state index is 0. The van der Waals surface area contributed by atoms with Crippen LogP contribution in [0.4, 0.5) is 4.79 Å². The molecule has 0 fully saturated rings. The van der Waals surface area contributed by atoms with Gasteiger partial charge >= 0.3 is 32.2 Å². The predicted octanol–water partition coefficient (Wildman–Crippen LogP) is -1.35. The van der Waals surface area contributed by atoms with Gasteiger partial charge in [0, 0.05) is 0 Å². The number of rotatable bonds is 10. The molecule has 2 unspecified atom stereocenters. The Labute approximate surface area is 136 Å². The topological polar surface area (TPSA) is 128 Å². The molecule has 0 aromatic heterocycles. The van der Waals surface area contributed by atoms with Gasteiger partial charge in [0.1, 0.15) is 0 Å². The Morgan fingerprint density at radius 2 is 1.81 bits per heavy atom. The van der Waals surface area contributed by atoms with Crippen molar-refractivity contribution in [2.24, 2.45) is 0 Å². The summed E-state index contributed by atoms with van der Waals surface area (Å²) in [7, 11) is -9.07. The molecule has 0 aromatic carbocycles. The average Bonchev–Trinajstić information content (AvgIpc) is 2.33. The average molecular weight is 340 g/mol. The van der Waals surface area contributed by atoms with Crippen molar-refractivity contribution in [1.29, 1.82) is 0 Å². The van der Waals surface area contributed by atoms with Crippen LogP contribution in [0.1, 0.15) is 27.2 Å². The zero-order valence-electron chi connectivity index (χ0n) is 12.4. The molecule has 0 heterocycles. The van der Waals surface area contributed by atoms with Crippen molar-refractivity contribution in [3.05, 3.63) is 0 Å². The Morgan fingerprint density at radius 3 is 2.24 bits per heavy atom. The normalized spacial score (nSPS) is 15.6. The van der Waals surface area contributed by atoms with E-state index in [2.05, 4.69) is 4.18 Å². The maximum absolute atomic E-state index is 12.1. The second-order valence-electron chi connectivity index (χ2n) is 3.58. The van der Waals surface area contributed by atoms with Crippen LogP contribution in [0.25, 0.3) is 0 Å². The molecular weight excluding hydrogens is 322 g/mol. The second-order valence-corrected chi connectivity index (χ2v) is 6.51. The van der Waals surface area contributed by atoms with Crippen LogP contribution in [0.2, 0.25) is 0 Å². The Hall–Kier alpha value is 0.0874. The van der Waals surface area contributed by atoms with E-state index in [-0.39, 0.29) is 25.5 Å². The quantitative estimate of drug-likeness (QED) is 0.156. The molecule has 0 rings (SSSR count). The fourth-order valence-corrected chi connectivity index (χ4v) is 2.45. The van der Waals surface area contributed by atoms with Crippen LogP contribution in [0, 0.1) is 0 Å². The number of hydrogen-bond donors (Lipinski definition) is 0. The van der Waals surface area contributed by atoms with E-state index in [1.165, 1.54) is 6.92 Å². The van der Waals surface area contributed by atoms with Gasteiger partial charge in [-0.25, -0.2) is 17.8 Å². The maximum Gasteiger partial charge on any atom is 1.00 e. The van der Waals surface area contributed by atoms with Crippen LogP contribution in [0.3, 0.4) is 0 Å². The Kier molecular flexibility index (Phi) is 12.0. The molecular formula is C9H18LiO9PS. The number of carbonyl (C=O) groups excluding carboxylic acids is 1. The van der Waals surface area contributed by atoms with Crippen LogP contribution in [-0.2, 0) is 32.9 Å². The minimum Gasteiger partial charge on any atom is -0.726 e. The van der Waals surface area contributed by atoms with E-state index in [4.69, 9.17) is 13.8 Å². The molecule has 0 aliphatic rings. The molecule has 9 nitrogen and oxygen atoms in total. The summed E-state index contributed by atoms with van der Waals surface area (Å²) in [4.78, 5) is 11.7. The molecule has 0 saturated carbocycles. The van der Waals surface area contributed by atoms with Gasteiger partial charge < -0.3 is 13.8 Å². The number of hydrogen-bond acceptors (Lipinski definition) is 9. The van der Waals surface area contributed by atoms with Gasteiger partial charge in [0.25, 0.3) is 0 Å². The van der Waals surface area contributed by atoms with Crippen molar-refractivity contribution in [2.45, 2.75) is 33.3 Å². The fourth-order valence-electron chi connectivity index (χ4n) is 0.926. The van der Waals surface area contributed by atoms with Gasteiger partial charge in [-0.2, -0.15) is 0 Å². The summed E-state index contributed by atoms with van der Waals surface area (Å²) < 4.78 is 60.7. The smallest absolute Gasteiger partial charge is 0.726 e. The van der Waals surface area contributed by atoms with Gasteiger partial charge in [0.2, 0.25) is 10.4 Å². The summed E-state index contributed by atoms with van der Waals surface area (Å²) in [5.74, 6) is 0. The number of carbonyl (C=O) groups is 1. The fraction of sp³-hybridized carbons (Fsp3) is 0.889. The second kappa shape index (κ2) is 10.8. The monoisotopic (exact) mass is 340 g/mol. The van der Waals surface area contributed by atoms with Gasteiger partial charge in [-0.05, 0) is 20.3 Å². The van der Waals surface area contributed by atoms with E-state index in [0.717, 1.165) is 0 Å². The Balaban J connectivity index is 0. The first-order valence-electron chi connectivity index (χ1n) is 5.85. The van der Waals surface area contributed by atoms with Crippen molar-refractivity contribution in [3.63, 3.8) is 0 Å². The predicted molar refractivity (Wildman–Crippen MR) is 67.1 cm³/mol. The summed E-state index contributed by atoms with van der Waals surface area (Å²) >= 11 is 0. The molecule has 0 aliphatic heterocycles. The van der Waals surface area contributed by atoms with Crippen LogP contribution < -0.4 is 18.9 Å². The number of ether oxygens (including phenoxy) is 1. The van der Waals surface area contributed by atoms with Crippen molar-refractivity contribution < 1.29 is 59.2 Å². The van der Waals surface area contributed by atoms with Gasteiger partial charge in [-0.15, -0.1) is 0 Å². The molecule has 0 aromatic rings. The van der Waals surface area contributed by atoms with Crippen molar-refractivity contribution in [1.82, 2.24) is 0 Å². The van der Waals surface area contributed by atoms with E-state index in [9.17, 15) is 22.3 Å². The molecule has 0 spiro atoms. The molecule has 0 amide bonds. The van der Waals surface area contributed by atoms with Crippen LogP contribution in [0.15, 0.2) is 0 Å². The van der Waals surface area contributed by atoms with Gasteiger partial charge in [0.15, 0.2) is 0 Å². The Morgan fingerprint density at radius 1 is 1.24 bits per heavy atom. The molecule has 21 heavy (non-hydrogen) atoms. The van der Waals surface area contributed by atoms with Crippen molar-refractivity contribution >= 4 is 23.7 Å².